The third-order valence-electron chi connectivity index (χ3n) is 2.62. The standard InChI is InChI=1S/C13H13FN2O2/c14-11-3-1-9(2-4-11)12(8-17)16-13(18)10-5-6-15-7-10/h1-7,12,15,17H,8H2,(H,16,18). The van der Waals surface area contributed by atoms with Crippen molar-refractivity contribution in [3.8, 4) is 0 Å². The van der Waals surface area contributed by atoms with Gasteiger partial charge in [-0.3, -0.25) is 4.79 Å². The number of rotatable bonds is 4. The van der Waals surface area contributed by atoms with Crippen molar-refractivity contribution in [1.29, 1.82) is 0 Å². The summed E-state index contributed by atoms with van der Waals surface area (Å²) < 4.78 is 12.8. The number of carbonyl (C=O) groups is 1. The van der Waals surface area contributed by atoms with Crippen molar-refractivity contribution in [2.75, 3.05) is 6.61 Å². The molecular weight excluding hydrogens is 235 g/mol. The second-order valence-corrected chi connectivity index (χ2v) is 3.86. The SMILES string of the molecule is O=C(NC(CO)c1ccc(F)cc1)c1cc[nH]c1. The molecule has 0 aliphatic carbocycles. The first-order valence-electron chi connectivity index (χ1n) is 5.50. The van der Waals surface area contributed by atoms with E-state index in [0.29, 0.717) is 11.1 Å². The lowest BCUT2D eigenvalue weighted by Gasteiger charge is -2.16. The lowest BCUT2D eigenvalue weighted by molar-refractivity contribution is 0.0916. The van der Waals surface area contributed by atoms with E-state index in [1.165, 1.54) is 24.3 Å². The number of hydrogen-bond donors (Lipinski definition) is 3. The van der Waals surface area contributed by atoms with Crippen molar-refractivity contribution in [3.05, 3.63) is 59.7 Å². The molecule has 0 radical (unpaired) electrons. The first kappa shape index (κ1) is 12.3. The van der Waals surface area contributed by atoms with Crippen LogP contribution in [-0.2, 0) is 0 Å². The molecule has 1 aromatic heterocycles. The van der Waals surface area contributed by atoms with Gasteiger partial charge in [-0.25, -0.2) is 4.39 Å². The van der Waals surface area contributed by atoms with E-state index in [2.05, 4.69) is 10.3 Å². The molecule has 1 heterocycles. The Labute approximate surface area is 103 Å². The van der Waals surface area contributed by atoms with Crippen LogP contribution in [-0.4, -0.2) is 22.6 Å². The molecule has 18 heavy (non-hydrogen) atoms. The maximum Gasteiger partial charge on any atom is 0.253 e. The Bertz CT molecular complexity index is 508. The molecule has 5 heteroatoms. The Hall–Kier alpha value is -2.14. The second kappa shape index (κ2) is 5.46. The number of aromatic nitrogens is 1. The Kier molecular flexibility index (Phi) is 3.74. The van der Waals surface area contributed by atoms with E-state index in [1.807, 2.05) is 0 Å². The molecule has 0 aliphatic heterocycles. The van der Waals surface area contributed by atoms with E-state index in [4.69, 9.17) is 0 Å². The number of aliphatic hydroxyl groups excluding tert-OH is 1. The maximum atomic E-state index is 12.8. The summed E-state index contributed by atoms with van der Waals surface area (Å²) in [5.74, 6) is -0.646. The fourth-order valence-electron chi connectivity index (χ4n) is 1.64. The molecule has 1 amide bonds. The molecule has 0 spiro atoms. The van der Waals surface area contributed by atoms with Crippen molar-refractivity contribution >= 4 is 5.91 Å². The first-order chi connectivity index (χ1) is 8.70. The molecule has 0 aliphatic rings. The number of aromatic amines is 1. The lowest BCUT2D eigenvalue weighted by Crippen LogP contribution is -2.30. The number of carbonyl (C=O) groups excluding carboxylic acids is 1. The van der Waals surface area contributed by atoms with E-state index < -0.39 is 6.04 Å². The molecule has 0 saturated carbocycles. The Morgan fingerprint density at radius 2 is 2.06 bits per heavy atom. The van der Waals surface area contributed by atoms with Crippen LogP contribution in [0.25, 0.3) is 0 Å². The van der Waals surface area contributed by atoms with Gasteiger partial charge >= 0.3 is 0 Å². The Balaban J connectivity index is 2.10. The zero-order valence-electron chi connectivity index (χ0n) is 9.56. The van der Waals surface area contributed by atoms with Crippen molar-refractivity contribution in [1.82, 2.24) is 10.3 Å². The van der Waals surface area contributed by atoms with Crippen LogP contribution in [0.1, 0.15) is 22.0 Å². The van der Waals surface area contributed by atoms with Gasteiger partial charge in [0.25, 0.3) is 5.91 Å². The summed E-state index contributed by atoms with van der Waals surface area (Å²) >= 11 is 0. The zero-order chi connectivity index (χ0) is 13.0. The normalized spacial score (nSPS) is 12.1. The summed E-state index contributed by atoms with van der Waals surface area (Å²) in [5, 5.41) is 12.0. The predicted molar refractivity (Wildman–Crippen MR) is 64.5 cm³/mol. The number of aliphatic hydroxyl groups is 1. The molecule has 2 aromatic rings. The van der Waals surface area contributed by atoms with Crippen LogP contribution in [0.15, 0.2) is 42.7 Å². The molecule has 0 saturated heterocycles. The molecule has 0 bridgehead atoms. The van der Waals surface area contributed by atoms with Gasteiger partial charge < -0.3 is 15.4 Å². The van der Waals surface area contributed by atoms with Gasteiger partial charge in [0.2, 0.25) is 0 Å². The highest BCUT2D eigenvalue weighted by atomic mass is 19.1. The predicted octanol–water partition coefficient (Wildman–Crippen LogP) is 1.62. The van der Waals surface area contributed by atoms with E-state index >= 15 is 0 Å². The zero-order valence-corrected chi connectivity index (χ0v) is 9.56. The molecule has 1 aromatic carbocycles. The van der Waals surface area contributed by atoms with E-state index in [9.17, 15) is 14.3 Å². The largest absolute Gasteiger partial charge is 0.394 e. The van der Waals surface area contributed by atoms with Gasteiger partial charge in [-0.15, -0.1) is 0 Å². The fraction of sp³-hybridized carbons (Fsp3) is 0.154. The van der Waals surface area contributed by atoms with Gasteiger partial charge in [0.05, 0.1) is 18.2 Å². The number of nitrogens with one attached hydrogen (secondary N) is 2. The first-order valence-corrected chi connectivity index (χ1v) is 5.50. The molecule has 0 fully saturated rings. The van der Waals surface area contributed by atoms with Crippen molar-refractivity contribution in [2.45, 2.75) is 6.04 Å². The lowest BCUT2D eigenvalue weighted by atomic mass is 10.1. The summed E-state index contributed by atoms with van der Waals surface area (Å²) in [4.78, 5) is 14.6. The second-order valence-electron chi connectivity index (χ2n) is 3.86. The van der Waals surface area contributed by atoms with Crippen LogP contribution in [0, 0.1) is 5.82 Å². The number of hydrogen-bond acceptors (Lipinski definition) is 2. The minimum atomic E-state index is -0.548. The summed E-state index contributed by atoms with van der Waals surface area (Å²) in [6, 6.07) is 6.74. The van der Waals surface area contributed by atoms with Crippen LogP contribution >= 0.6 is 0 Å². The molecule has 94 valence electrons. The quantitative estimate of drug-likeness (QED) is 0.769. The summed E-state index contributed by atoms with van der Waals surface area (Å²) in [6.45, 7) is -0.248. The Morgan fingerprint density at radius 1 is 1.33 bits per heavy atom. The molecule has 1 unspecified atom stereocenters. The third-order valence-corrected chi connectivity index (χ3v) is 2.62. The van der Waals surface area contributed by atoms with E-state index in [1.54, 1.807) is 18.5 Å². The van der Waals surface area contributed by atoms with Crippen LogP contribution in [0.2, 0.25) is 0 Å². The van der Waals surface area contributed by atoms with Gasteiger partial charge in [0.1, 0.15) is 5.82 Å². The topological polar surface area (TPSA) is 65.1 Å². The van der Waals surface area contributed by atoms with Gasteiger partial charge in [0, 0.05) is 12.4 Å². The Morgan fingerprint density at radius 3 is 2.61 bits per heavy atom. The molecule has 3 N–H and O–H groups in total. The average molecular weight is 248 g/mol. The summed E-state index contributed by atoms with van der Waals surface area (Å²) in [7, 11) is 0. The van der Waals surface area contributed by atoms with E-state index in [-0.39, 0.29) is 18.3 Å². The van der Waals surface area contributed by atoms with Crippen LogP contribution in [0.5, 0.6) is 0 Å². The number of H-pyrrole nitrogens is 1. The average Bonchev–Trinajstić information content (AvgIpc) is 2.91. The van der Waals surface area contributed by atoms with E-state index in [0.717, 1.165) is 0 Å². The minimum absolute atomic E-state index is 0.248. The van der Waals surface area contributed by atoms with Gasteiger partial charge in [-0.05, 0) is 23.8 Å². The van der Waals surface area contributed by atoms with Crippen LogP contribution in [0.3, 0.4) is 0 Å². The highest BCUT2D eigenvalue weighted by molar-refractivity contribution is 5.94. The fourth-order valence-corrected chi connectivity index (χ4v) is 1.64. The number of benzene rings is 1. The van der Waals surface area contributed by atoms with Gasteiger partial charge in [-0.2, -0.15) is 0 Å². The number of halogens is 1. The van der Waals surface area contributed by atoms with Crippen molar-refractivity contribution in [2.24, 2.45) is 0 Å². The van der Waals surface area contributed by atoms with Crippen LogP contribution < -0.4 is 5.32 Å². The highest BCUT2D eigenvalue weighted by Crippen LogP contribution is 2.14. The smallest absolute Gasteiger partial charge is 0.253 e. The van der Waals surface area contributed by atoms with Gasteiger partial charge in [0.15, 0.2) is 0 Å². The highest BCUT2D eigenvalue weighted by Gasteiger charge is 2.15. The molecule has 2 rings (SSSR count). The maximum absolute atomic E-state index is 12.8. The van der Waals surface area contributed by atoms with Crippen LogP contribution in [0.4, 0.5) is 4.39 Å². The monoisotopic (exact) mass is 248 g/mol. The summed E-state index contributed by atoms with van der Waals surface area (Å²) in [5.41, 5.74) is 1.14. The third kappa shape index (κ3) is 2.75. The van der Waals surface area contributed by atoms with Crippen molar-refractivity contribution < 1.29 is 14.3 Å². The molecular formula is C13H13FN2O2. The van der Waals surface area contributed by atoms with Gasteiger partial charge in [-0.1, -0.05) is 12.1 Å². The summed E-state index contributed by atoms with van der Waals surface area (Å²) in [6.07, 6.45) is 3.20. The van der Waals surface area contributed by atoms with Crippen molar-refractivity contribution in [3.63, 3.8) is 0 Å². The minimum Gasteiger partial charge on any atom is -0.394 e. The molecule has 4 nitrogen and oxygen atoms in total. The number of amides is 1. The molecule has 1 atom stereocenters.